The molecule has 0 bridgehead atoms. The van der Waals surface area contributed by atoms with Gasteiger partial charge in [-0.1, -0.05) is 23.2 Å². The highest BCUT2D eigenvalue weighted by atomic mass is 35.5. The smallest absolute Gasteiger partial charge is 0.142 e. The van der Waals surface area contributed by atoms with Crippen LogP contribution in [0.25, 0.3) is 0 Å². The first-order valence-corrected chi connectivity index (χ1v) is 7.13. The van der Waals surface area contributed by atoms with Gasteiger partial charge in [0, 0.05) is 22.7 Å². The molecule has 1 aliphatic carbocycles. The third-order valence-corrected chi connectivity index (χ3v) is 4.28. The van der Waals surface area contributed by atoms with Crippen LogP contribution < -0.4 is 10.1 Å². The van der Waals surface area contributed by atoms with Crippen LogP contribution in [-0.2, 0) is 6.54 Å². The number of benzene rings is 1. The van der Waals surface area contributed by atoms with Gasteiger partial charge >= 0.3 is 0 Å². The van der Waals surface area contributed by atoms with Crippen molar-refractivity contribution in [3.05, 3.63) is 27.7 Å². The summed E-state index contributed by atoms with van der Waals surface area (Å²) in [5, 5.41) is 14.1. The van der Waals surface area contributed by atoms with Crippen LogP contribution in [0.5, 0.6) is 5.75 Å². The van der Waals surface area contributed by atoms with Crippen LogP contribution in [0, 0.1) is 5.92 Å². The Bertz CT molecular complexity index is 463. The topological polar surface area (TPSA) is 41.5 Å². The molecule has 106 valence electrons. The Hall–Kier alpha value is -0.480. The molecule has 2 N–H and O–H groups in total. The predicted octanol–water partition coefficient (Wildman–Crippen LogP) is 3.25. The monoisotopic (exact) mass is 303 g/mol. The first-order valence-electron chi connectivity index (χ1n) is 6.38. The van der Waals surface area contributed by atoms with Crippen molar-refractivity contribution in [3.8, 4) is 5.75 Å². The van der Waals surface area contributed by atoms with Crippen molar-refractivity contribution in [3.63, 3.8) is 0 Å². The molecule has 1 saturated carbocycles. The Morgan fingerprint density at radius 3 is 2.63 bits per heavy atom. The van der Waals surface area contributed by atoms with Gasteiger partial charge in [0.25, 0.3) is 0 Å². The van der Waals surface area contributed by atoms with E-state index in [1.807, 2.05) is 13.0 Å². The number of hydrogen-bond acceptors (Lipinski definition) is 3. The zero-order valence-corrected chi connectivity index (χ0v) is 12.7. The lowest BCUT2D eigenvalue weighted by Crippen LogP contribution is -2.47. The average molecular weight is 304 g/mol. The summed E-state index contributed by atoms with van der Waals surface area (Å²) in [4.78, 5) is 0. The van der Waals surface area contributed by atoms with Gasteiger partial charge in [0.05, 0.1) is 18.7 Å². The van der Waals surface area contributed by atoms with Crippen molar-refractivity contribution < 1.29 is 9.84 Å². The third-order valence-electron chi connectivity index (χ3n) is 3.78. The van der Waals surface area contributed by atoms with E-state index in [2.05, 4.69) is 5.32 Å². The summed E-state index contributed by atoms with van der Waals surface area (Å²) in [6.45, 7) is 2.73. The largest absolute Gasteiger partial charge is 0.495 e. The molecule has 1 aromatic carbocycles. The van der Waals surface area contributed by atoms with Gasteiger partial charge in [0.15, 0.2) is 0 Å². The fourth-order valence-electron chi connectivity index (χ4n) is 2.32. The highest BCUT2D eigenvalue weighted by Crippen LogP contribution is 2.40. The maximum absolute atomic E-state index is 9.56. The zero-order valence-electron chi connectivity index (χ0n) is 11.2. The summed E-state index contributed by atoms with van der Waals surface area (Å²) in [5.74, 6) is 1.17. The van der Waals surface area contributed by atoms with E-state index in [1.54, 1.807) is 13.2 Å². The quantitative estimate of drug-likeness (QED) is 0.847. The maximum Gasteiger partial charge on any atom is 0.142 e. The number of hydrogen-bond donors (Lipinski definition) is 2. The van der Waals surface area contributed by atoms with Crippen LogP contribution in [0.1, 0.15) is 25.3 Å². The Kier molecular flexibility index (Phi) is 4.62. The van der Waals surface area contributed by atoms with Crippen LogP contribution in [0.2, 0.25) is 10.0 Å². The van der Waals surface area contributed by atoms with E-state index in [0.29, 0.717) is 28.3 Å². The number of ether oxygens (including phenoxy) is 1. The molecule has 5 heteroatoms. The van der Waals surface area contributed by atoms with E-state index in [4.69, 9.17) is 27.9 Å². The Balaban J connectivity index is 2.14. The second kappa shape index (κ2) is 5.88. The van der Waals surface area contributed by atoms with E-state index < -0.39 is 0 Å². The number of nitrogens with one attached hydrogen (secondary N) is 1. The lowest BCUT2D eigenvalue weighted by Gasteiger charge is -2.29. The van der Waals surface area contributed by atoms with Crippen molar-refractivity contribution in [2.24, 2.45) is 5.92 Å². The molecule has 0 aromatic heterocycles. The first kappa shape index (κ1) is 14.9. The van der Waals surface area contributed by atoms with Crippen LogP contribution >= 0.6 is 23.2 Å². The summed E-state index contributed by atoms with van der Waals surface area (Å²) in [7, 11) is 1.59. The minimum absolute atomic E-state index is 0.119. The highest BCUT2D eigenvalue weighted by Gasteiger charge is 2.40. The molecule has 1 aliphatic rings. The van der Waals surface area contributed by atoms with Crippen molar-refractivity contribution in [2.45, 2.75) is 31.8 Å². The molecule has 1 aromatic rings. The van der Waals surface area contributed by atoms with Crippen molar-refractivity contribution >= 4 is 23.2 Å². The van der Waals surface area contributed by atoms with Gasteiger partial charge in [-0.15, -0.1) is 0 Å². The lowest BCUT2D eigenvalue weighted by atomic mass is 9.96. The Labute approximate surface area is 123 Å². The van der Waals surface area contributed by atoms with Gasteiger partial charge < -0.3 is 15.2 Å². The molecule has 0 saturated heterocycles. The number of rotatable bonds is 6. The lowest BCUT2D eigenvalue weighted by molar-refractivity contribution is 0.153. The van der Waals surface area contributed by atoms with Crippen molar-refractivity contribution in [2.75, 3.05) is 13.7 Å². The summed E-state index contributed by atoms with van der Waals surface area (Å²) in [6.07, 6.45) is 2.33. The molecule has 0 aliphatic heterocycles. The molecule has 2 rings (SSSR count). The molecular weight excluding hydrogens is 285 g/mol. The van der Waals surface area contributed by atoms with Gasteiger partial charge in [-0.2, -0.15) is 0 Å². The van der Waals surface area contributed by atoms with E-state index in [9.17, 15) is 5.11 Å². The SMILES string of the molecule is COc1c(Cl)cc(Cl)cc1CNC(C)(CO)C1CC1. The fourth-order valence-corrected chi connectivity index (χ4v) is 2.93. The summed E-state index contributed by atoms with van der Waals surface area (Å²) < 4.78 is 5.31. The normalized spacial score (nSPS) is 18.2. The minimum Gasteiger partial charge on any atom is -0.495 e. The zero-order chi connectivity index (χ0) is 14.0. The third kappa shape index (κ3) is 3.34. The second-order valence-electron chi connectivity index (χ2n) is 5.28. The first-order chi connectivity index (χ1) is 9.00. The van der Waals surface area contributed by atoms with Crippen molar-refractivity contribution in [1.29, 1.82) is 0 Å². The molecule has 0 radical (unpaired) electrons. The van der Waals surface area contributed by atoms with Crippen LogP contribution in [0.3, 0.4) is 0 Å². The fraction of sp³-hybridized carbons (Fsp3) is 0.571. The number of aliphatic hydroxyl groups is 1. The van der Waals surface area contributed by atoms with E-state index in [0.717, 1.165) is 18.4 Å². The van der Waals surface area contributed by atoms with Gasteiger partial charge in [0.1, 0.15) is 5.75 Å². The van der Waals surface area contributed by atoms with Crippen LogP contribution in [0.4, 0.5) is 0 Å². The summed E-state index contributed by atoms with van der Waals surface area (Å²) in [6, 6.07) is 3.50. The standard InChI is InChI=1S/C14H19Cl2NO2/c1-14(8-18,10-3-4-10)17-7-9-5-11(15)6-12(16)13(9)19-2/h5-6,10,17-18H,3-4,7-8H2,1-2H3. The molecule has 19 heavy (non-hydrogen) atoms. The molecule has 1 atom stereocenters. The number of aliphatic hydroxyl groups excluding tert-OH is 1. The van der Waals surface area contributed by atoms with E-state index >= 15 is 0 Å². The molecule has 0 heterocycles. The Morgan fingerprint density at radius 1 is 1.42 bits per heavy atom. The second-order valence-corrected chi connectivity index (χ2v) is 6.13. The highest BCUT2D eigenvalue weighted by molar-refractivity contribution is 6.35. The molecule has 1 unspecified atom stereocenters. The Morgan fingerprint density at radius 2 is 2.11 bits per heavy atom. The molecule has 1 fully saturated rings. The number of halogens is 2. The van der Waals surface area contributed by atoms with Crippen LogP contribution in [0.15, 0.2) is 12.1 Å². The molecule has 3 nitrogen and oxygen atoms in total. The maximum atomic E-state index is 9.56. The minimum atomic E-state index is -0.250. The van der Waals surface area contributed by atoms with Crippen LogP contribution in [-0.4, -0.2) is 24.4 Å². The molecule has 0 spiro atoms. The van der Waals surface area contributed by atoms with Gasteiger partial charge in [-0.05, 0) is 37.8 Å². The van der Waals surface area contributed by atoms with Gasteiger partial charge in [0.2, 0.25) is 0 Å². The predicted molar refractivity (Wildman–Crippen MR) is 78.1 cm³/mol. The van der Waals surface area contributed by atoms with Gasteiger partial charge in [-0.3, -0.25) is 0 Å². The summed E-state index contributed by atoms with van der Waals surface area (Å²) >= 11 is 12.1. The average Bonchev–Trinajstić information content (AvgIpc) is 3.20. The van der Waals surface area contributed by atoms with Crippen molar-refractivity contribution in [1.82, 2.24) is 5.32 Å². The number of methoxy groups -OCH3 is 1. The van der Waals surface area contributed by atoms with E-state index in [-0.39, 0.29) is 12.1 Å². The molecule has 0 amide bonds. The summed E-state index contributed by atoms with van der Waals surface area (Å²) in [5.41, 5.74) is 0.653. The van der Waals surface area contributed by atoms with E-state index in [1.165, 1.54) is 0 Å². The molecular formula is C14H19Cl2NO2. The van der Waals surface area contributed by atoms with Gasteiger partial charge in [-0.25, -0.2) is 0 Å².